The van der Waals surface area contributed by atoms with Crippen molar-refractivity contribution in [3.05, 3.63) is 17.5 Å². The zero-order chi connectivity index (χ0) is 14.6. The fourth-order valence-electron chi connectivity index (χ4n) is 1.41. The first-order valence-electron chi connectivity index (χ1n) is 4.86. The van der Waals surface area contributed by atoms with Gasteiger partial charge in [-0.3, -0.25) is 9.78 Å². The van der Waals surface area contributed by atoms with Crippen LogP contribution in [0.3, 0.4) is 0 Å². The van der Waals surface area contributed by atoms with Gasteiger partial charge < -0.3 is 14.6 Å². The highest BCUT2D eigenvalue weighted by atomic mass is 35.5. The summed E-state index contributed by atoms with van der Waals surface area (Å²) in [5, 5.41) is 8.67. The molecule has 106 valence electrons. The number of alkyl halides is 4. The van der Waals surface area contributed by atoms with Crippen LogP contribution >= 0.6 is 11.6 Å². The van der Waals surface area contributed by atoms with Crippen LogP contribution in [0.2, 0.25) is 0 Å². The van der Waals surface area contributed by atoms with E-state index in [2.05, 4.69) is 9.72 Å². The number of carboxylic acid groups (broad SMARTS) is 1. The summed E-state index contributed by atoms with van der Waals surface area (Å²) in [4.78, 5) is 14.2. The highest BCUT2D eigenvalue weighted by molar-refractivity contribution is 6.17. The maximum absolute atomic E-state index is 12.2. The molecule has 1 aromatic rings. The van der Waals surface area contributed by atoms with Crippen molar-refractivity contribution in [2.45, 2.75) is 18.7 Å². The number of carboxylic acids is 1. The van der Waals surface area contributed by atoms with Gasteiger partial charge in [0.2, 0.25) is 0 Å². The average molecular weight is 300 g/mol. The molecular formula is C10H9ClF3NO4. The number of methoxy groups -OCH3 is 1. The molecule has 5 nitrogen and oxygen atoms in total. The minimum atomic E-state index is -4.91. The third kappa shape index (κ3) is 4.16. The van der Waals surface area contributed by atoms with Crippen molar-refractivity contribution >= 4 is 17.6 Å². The van der Waals surface area contributed by atoms with Crippen LogP contribution in [0.25, 0.3) is 0 Å². The molecule has 0 aliphatic rings. The normalized spacial score (nSPS) is 11.2. The smallest absolute Gasteiger partial charge is 0.492 e. The second-order valence-electron chi connectivity index (χ2n) is 3.33. The van der Waals surface area contributed by atoms with Gasteiger partial charge in [-0.2, -0.15) is 0 Å². The van der Waals surface area contributed by atoms with Gasteiger partial charge in [-0.1, -0.05) is 0 Å². The molecule has 19 heavy (non-hydrogen) atoms. The van der Waals surface area contributed by atoms with Crippen molar-refractivity contribution in [1.82, 2.24) is 4.98 Å². The minimum Gasteiger partial charge on any atom is -0.492 e. The standard InChI is InChI=1S/C10H9ClF3NO4/c1-18-9-5(3-11)6(2-8(16)17)15-4-7(9)19-10(12,13)14/h4H,2-3H2,1H3,(H,16,17). The van der Waals surface area contributed by atoms with Crippen LogP contribution in [0.4, 0.5) is 13.2 Å². The van der Waals surface area contributed by atoms with Gasteiger partial charge in [0.25, 0.3) is 0 Å². The summed E-state index contributed by atoms with van der Waals surface area (Å²) in [5.74, 6) is -2.39. The van der Waals surface area contributed by atoms with Crippen molar-refractivity contribution in [3.63, 3.8) is 0 Å². The molecule has 0 aliphatic heterocycles. The summed E-state index contributed by atoms with van der Waals surface area (Å²) in [7, 11) is 1.12. The van der Waals surface area contributed by atoms with E-state index in [1.165, 1.54) is 0 Å². The van der Waals surface area contributed by atoms with Gasteiger partial charge in [-0.15, -0.1) is 24.8 Å². The number of hydrogen-bond donors (Lipinski definition) is 1. The summed E-state index contributed by atoms with van der Waals surface area (Å²) >= 11 is 5.59. The molecule has 0 saturated carbocycles. The molecule has 1 N–H and O–H groups in total. The van der Waals surface area contributed by atoms with E-state index < -0.39 is 24.5 Å². The number of hydrogen-bond acceptors (Lipinski definition) is 4. The number of carbonyl (C=O) groups is 1. The van der Waals surface area contributed by atoms with Gasteiger partial charge in [0.1, 0.15) is 0 Å². The first-order chi connectivity index (χ1) is 8.78. The maximum atomic E-state index is 12.2. The number of rotatable bonds is 5. The van der Waals surface area contributed by atoms with Crippen LogP contribution in [-0.4, -0.2) is 29.5 Å². The van der Waals surface area contributed by atoms with Crippen LogP contribution in [-0.2, 0) is 17.1 Å². The van der Waals surface area contributed by atoms with Crippen molar-refractivity contribution in [3.8, 4) is 11.5 Å². The molecule has 1 heterocycles. The first-order valence-corrected chi connectivity index (χ1v) is 5.40. The lowest BCUT2D eigenvalue weighted by molar-refractivity contribution is -0.275. The first kappa shape index (κ1) is 15.4. The quantitative estimate of drug-likeness (QED) is 0.845. The Hall–Kier alpha value is -1.70. The largest absolute Gasteiger partial charge is 0.573 e. The number of halogens is 4. The van der Waals surface area contributed by atoms with E-state index in [-0.39, 0.29) is 22.9 Å². The minimum absolute atomic E-state index is 0.0221. The predicted molar refractivity (Wildman–Crippen MR) is 58.4 cm³/mol. The molecule has 0 radical (unpaired) electrons. The Labute approximate surface area is 110 Å². The molecular weight excluding hydrogens is 291 g/mol. The molecule has 0 amide bonds. The Morgan fingerprint density at radius 1 is 1.53 bits per heavy atom. The molecule has 0 aliphatic carbocycles. The van der Waals surface area contributed by atoms with Crippen molar-refractivity contribution in [2.24, 2.45) is 0 Å². The zero-order valence-corrected chi connectivity index (χ0v) is 10.4. The number of aromatic nitrogens is 1. The summed E-state index contributed by atoms with van der Waals surface area (Å²) in [6.45, 7) is 0. The number of aliphatic carboxylic acids is 1. The maximum Gasteiger partial charge on any atom is 0.573 e. The van der Waals surface area contributed by atoms with E-state index in [0.717, 1.165) is 13.3 Å². The molecule has 0 unspecified atom stereocenters. The Bertz CT molecular complexity index is 479. The average Bonchev–Trinajstić information content (AvgIpc) is 2.27. The molecule has 0 bridgehead atoms. The van der Waals surface area contributed by atoms with Crippen LogP contribution in [0.1, 0.15) is 11.3 Å². The molecule has 0 fully saturated rings. The van der Waals surface area contributed by atoms with E-state index in [4.69, 9.17) is 21.4 Å². The SMILES string of the molecule is COc1c(OC(F)(F)F)cnc(CC(=O)O)c1CCl. The van der Waals surface area contributed by atoms with E-state index in [1.807, 2.05) is 0 Å². The van der Waals surface area contributed by atoms with Crippen molar-refractivity contribution < 1.29 is 32.5 Å². The topological polar surface area (TPSA) is 68.7 Å². The highest BCUT2D eigenvalue weighted by Crippen LogP contribution is 2.36. The molecule has 0 aromatic carbocycles. The summed E-state index contributed by atoms with van der Waals surface area (Å²) in [5.41, 5.74) is 0.0715. The predicted octanol–water partition coefficient (Wildman–Crippen LogP) is 2.35. The van der Waals surface area contributed by atoms with Gasteiger partial charge in [0.05, 0.1) is 31.3 Å². The number of ether oxygens (including phenoxy) is 2. The Morgan fingerprint density at radius 2 is 2.16 bits per heavy atom. The summed E-state index contributed by atoms with van der Waals surface area (Å²) in [6, 6.07) is 0. The molecule has 0 saturated heterocycles. The van der Waals surface area contributed by atoms with Gasteiger partial charge >= 0.3 is 12.3 Å². The van der Waals surface area contributed by atoms with Gasteiger partial charge in [0, 0.05) is 5.56 Å². The van der Waals surface area contributed by atoms with E-state index in [9.17, 15) is 18.0 Å². The fraction of sp³-hybridized carbons (Fsp3) is 0.400. The molecule has 9 heteroatoms. The lowest BCUT2D eigenvalue weighted by Crippen LogP contribution is -2.18. The van der Waals surface area contributed by atoms with Crippen LogP contribution < -0.4 is 9.47 Å². The number of nitrogens with zero attached hydrogens (tertiary/aromatic N) is 1. The second kappa shape index (κ2) is 5.96. The monoisotopic (exact) mass is 299 g/mol. The molecule has 0 spiro atoms. The lowest BCUT2D eigenvalue weighted by atomic mass is 10.1. The third-order valence-electron chi connectivity index (χ3n) is 2.07. The van der Waals surface area contributed by atoms with Crippen LogP contribution in [0.5, 0.6) is 11.5 Å². The van der Waals surface area contributed by atoms with E-state index in [1.54, 1.807) is 0 Å². The van der Waals surface area contributed by atoms with Gasteiger partial charge in [-0.05, 0) is 0 Å². The van der Waals surface area contributed by atoms with Gasteiger partial charge in [-0.25, -0.2) is 0 Å². The zero-order valence-electron chi connectivity index (χ0n) is 9.62. The highest BCUT2D eigenvalue weighted by Gasteiger charge is 2.33. The van der Waals surface area contributed by atoms with E-state index in [0.29, 0.717) is 0 Å². The third-order valence-corrected chi connectivity index (χ3v) is 2.33. The Morgan fingerprint density at radius 3 is 2.58 bits per heavy atom. The van der Waals surface area contributed by atoms with E-state index >= 15 is 0 Å². The molecule has 1 aromatic heterocycles. The molecule has 1 rings (SSSR count). The number of pyridine rings is 1. The Kier molecular flexibility index (Phi) is 4.82. The Balaban J connectivity index is 3.26. The van der Waals surface area contributed by atoms with Crippen molar-refractivity contribution in [2.75, 3.05) is 7.11 Å². The summed E-state index contributed by atoms with van der Waals surface area (Å²) < 4.78 is 45.0. The second-order valence-corrected chi connectivity index (χ2v) is 3.60. The fourth-order valence-corrected chi connectivity index (χ4v) is 1.68. The van der Waals surface area contributed by atoms with Gasteiger partial charge in [0.15, 0.2) is 11.5 Å². The lowest BCUT2D eigenvalue weighted by Gasteiger charge is -2.16. The summed E-state index contributed by atoms with van der Waals surface area (Å²) in [6.07, 6.45) is -4.64. The van der Waals surface area contributed by atoms with Crippen LogP contribution in [0.15, 0.2) is 6.20 Å². The van der Waals surface area contributed by atoms with Crippen molar-refractivity contribution in [1.29, 1.82) is 0 Å². The van der Waals surface area contributed by atoms with Crippen LogP contribution in [0, 0.1) is 0 Å². The molecule has 0 atom stereocenters.